The van der Waals surface area contributed by atoms with Gasteiger partial charge >= 0.3 is 0 Å². The molecule has 0 radical (unpaired) electrons. The van der Waals surface area contributed by atoms with Gasteiger partial charge in [-0.1, -0.05) is 12.2 Å². The molecule has 3 amide bonds. The van der Waals surface area contributed by atoms with Crippen molar-refractivity contribution in [1.82, 2.24) is 4.90 Å². The normalized spacial score (nSPS) is 37.4. The zero-order valence-corrected chi connectivity index (χ0v) is 16.4. The molecule has 2 saturated carbocycles. The van der Waals surface area contributed by atoms with Crippen molar-refractivity contribution in [3.05, 3.63) is 40.0 Å². The Morgan fingerprint density at radius 2 is 1.62 bits per heavy atom. The van der Waals surface area contributed by atoms with Gasteiger partial charge in [0, 0.05) is 9.26 Å². The number of amides is 3. The van der Waals surface area contributed by atoms with E-state index in [2.05, 4.69) is 40.1 Å². The second-order valence-corrected chi connectivity index (χ2v) is 9.12. The van der Waals surface area contributed by atoms with E-state index in [0.717, 1.165) is 9.99 Å². The Hall–Kier alpha value is -1.70. The monoisotopic (exact) mass is 462 g/mol. The quantitative estimate of drug-likeness (QED) is 0.427. The smallest absolute Gasteiger partial charge is 0.247 e. The van der Waals surface area contributed by atoms with Crippen molar-refractivity contribution >= 4 is 46.0 Å². The van der Waals surface area contributed by atoms with Crippen LogP contribution in [0.3, 0.4) is 0 Å². The molecule has 0 spiro atoms. The van der Waals surface area contributed by atoms with E-state index >= 15 is 0 Å². The summed E-state index contributed by atoms with van der Waals surface area (Å²) >= 11 is 2.20. The minimum absolute atomic E-state index is 0.157. The summed E-state index contributed by atoms with van der Waals surface area (Å²) in [6.45, 7) is 1.64. The van der Waals surface area contributed by atoms with Crippen LogP contribution in [0.2, 0.25) is 0 Å². The number of imide groups is 1. The molecule has 3 fully saturated rings. The summed E-state index contributed by atoms with van der Waals surface area (Å²) in [5.74, 6) is 0.357. The number of hydrogen-bond acceptors (Lipinski definition) is 3. The topological polar surface area (TPSA) is 66.5 Å². The van der Waals surface area contributed by atoms with Crippen molar-refractivity contribution in [1.29, 1.82) is 0 Å². The van der Waals surface area contributed by atoms with Crippen molar-refractivity contribution in [3.63, 3.8) is 0 Å². The average molecular weight is 462 g/mol. The molecule has 1 aromatic carbocycles. The lowest BCUT2D eigenvalue weighted by molar-refractivity contribution is -0.146. The van der Waals surface area contributed by atoms with Gasteiger partial charge in [-0.3, -0.25) is 19.3 Å². The number of likely N-dealkylation sites (tertiary alicyclic amines) is 1. The van der Waals surface area contributed by atoms with Gasteiger partial charge in [0.2, 0.25) is 17.7 Å². The van der Waals surface area contributed by atoms with Crippen molar-refractivity contribution in [2.75, 3.05) is 5.32 Å². The molecule has 2 bridgehead atoms. The number of nitrogens with one attached hydrogen (secondary N) is 1. The maximum absolute atomic E-state index is 13.0. The van der Waals surface area contributed by atoms with E-state index in [1.807, 2.05) is 24.3 Å². The van der Waals surface area contributed by atoms with Crippen LogP contribution in [0.5, 0.6) is 0 Å². The van der Waals surface area contributed by atoms with Crippen LogP contribution in [0.15, 0.2) is 36.4 Å². The number of hydrogen-bond donors (Lipinski definition) is 1. The van der Waals surface area contributed by atoms with E-state index in [0.29, 0.717) is 17.5 Å². The molecule has 1 saturated heterocycles. The van der Waals surface area contributed by atoms with Gasteiger partial charge in [0.15, 0.2) is 0 Å². The lowest BCUT2D eigenvalue weighted by atomic mass is 9.63. The largest absolute Gasteiger partial charge is 0.324 e. The molecular formula is C20H19IN2O3. The van der Waals surface area contributed by atoms with E-state index in [4.69, 9.17) is 0 Å². The highest BCUT2D eigenvalue weighted by Crippen LogP contribution is 2.65. The zero-order valence-electron chi connectivity index (χ0n) is 14.3. The maximum Gasteiger partial charge on any atom is 0.247 e. The van der Waals surface area contributed by atoms with Crippen LogP contribution in [0.25, 0.3) is 0 Å². The van der Waals surface area contributed by atoms with Crippen LogP contribution in [0.1, 0.15) is 13.3 Å². The molecule has 6 rings (SSSR count). The lowest BCUT2D eigenvalue weighted by Crippen LogP contribution is -2.46. The SMILES string of the molecule is CC(C(=O)Nc1ccc(I)cc1)N1C(=O)C2C3C=CC(C4CC34)C2C1=O. The number of nitrogens with zero attached hydrogens (tertiary/aromatic N) is 1. The molecule has 134 valence electrons. The van der Waals surface area contributed by atoms with Crippen LogP contribution in [-0.2, 0) is 14.4 Å². The van der Waals surface area contributed by atoms with E-state index in [9.17, 15) is 14.4 Å². The molecule has 6 heteroatoms. The van der Waals surface area contributed by atoms with Crippen LogP contribution >= 0.6 is 22.6 Å². The Morgan fingerprint density at radius 3 is 2.15 bits per heavy atom. The molecule has 4 aliphatic carbocycles. The van der Waals surface area contributed by atoms with Crippen LogP contribution in [-0.4, -0.2) is 28.7 Å². The van der Waals surface area contributed by atoms with Gasteiger partial charge < -0.3 is 5.32 Å². The van der Waals surface area contributed by atoms with Crippen molar-refractivity contribution in [2.45, 2.75) is 19.4 Å². The third-order valence-electron chi connectivity index (χ3n) is 6.58. The standard InChI is InChI=1S/C20H19IN2O3/c1-9(18(24)22-11-4-2-10(21)3-5-11)23-19(25)16-12-6-7-13(15-8-14(12)15)17(16)20(23)26/h2-7,9,12-17H,8H2,1H3,(H,22,24). The van der Waals surface area contributed by atoms with Gasteiger partial charge in [-0.25, -0.2) is 0 Å². The summed E-state index contributed by atoms with van der Waals surface area (Å²) < 4.78 is 1.07. The van der Waals surface area contributed by atoms with E-state index in [1.54, 1.807) is 6.92 Å². The highest BCUT2D eigenvalue weighted by molar-refractivity contribution is 14.1. The number of halogens is 1. The predicted octanol–water partition coefficient (Wildman–Crippen LogP) is 2.67. The highest BCUT2D eigenvalue weighted by Gasteiger charge is 2.67. The van der Waals surface area contributed by atoms with Crippen molar-refractivity contribution < 1.29 is 14.4 Å². The fourth-order valence-electron chi connectivity index (χ4n) is 5.26. The molecular weight excluding hydrogens is 443 g/mol. The molecule has 7 atom stereocenters. The third kappa shape index (κ3) is 2.23. The summed E-state index contributed by atoms with van der Waals surface area (Å²) in [6.07, 6.45) is 5.43. The second kappa shape index (κ2) is 5.65. The van der Waals surface area contributed by atoms with Crippen LogP contribution in [0, 0.1) is 39.1 Å². The summed E-state index contributed by atoms with van der Waals surface area (Å²) in [6, 6.07) is 6.64. The molecule has 1 N–H and O–H groups in total. The molecule has 7 unspecified atom stereocenters. The summed E-state index contributed by atoms with van der Waals surface area (Å²) in [5, 5.41) is 2.82. The summed E-state index contributed by atoms with van der Waals surface area (Å²) in [5.41, 5.74) is 0.668. The Bertz CT molecular complexity index is 813. The zero-order chi connectivity index (χ0) is 18.2. The average Bonchev–Trinajstić information content (AvgIpc) is 3.41. The van der Waals surface area contributed by atoms with Gasteiger partial charge in [0.05, 0.1) is 11.8 Å². The molecule has 1 aromatic rings. The number of rotatable bonds is 3. The summed E-state index contributed by atoms with van der Waals surface area (Å²) in [7, 11) is 0. The fraction of sp³-hybridized carbons (Fsp3) is 0.450. The lowest BCUT2D eigenvalue weighted by Gasteiger charge is -2.37. The van der Waals surface area contributed by atoms with Gasteiger partial charge in [0.25, 0.3) is 0 Å². The minimum atomic E-state index is -0.796. The van der Waals surface area contributed by atoms with Gasteiger partial charge in [0.1, 0.15) is 6.04 Å². The number of carbonyl (C=O) groups is 3. The molecule has 5 nitrogen and oxygen atoms in total. The van der Waals surface area contributed by atoms with Crippen molar-refractivity contribution in [3.8, 4) is 0 Å². The second-order valence-electron chi connectivity index (χ2n) is 7.87. The third-order valence-corrected chi connectivity index (χ3v) is 7.29. The molecule has 5 aliphatic rings. The Labute approximate surface area is 165 Å². The first-order chi connectivity index (χ1) is 12.5. The van der Waals surface area contributed by atoms with Gasteiger partial charge in [-0.05, 0) is 83.9 Å². The Kier molecular flexibility index (Phi) is 3.58. The number of benzene rings is 1. The van der Waals surface area contributed by atoms with Gasteiger partial charge in [-0.2, -0.15) is 0 Å². The first-order valence-electron chi connectivity index (χ1n) is 9.09. The van der Waals surface area contributed by atoms with Gasteiger partial charge in [-0.15, -0.1) is 0 Å². The Balaban J connectivity index is 1.37. The molecule has 1 heterocycles. The summed E-state index contributed by atoms with van der Waals surface area (Å²) in [4.78, 5) is 40.0. The first-order valence-corrected chi connectivity index (χ1v) is 10.2. The predicted molar refractivity (Wildman–Crippen MR) is 104 cm³/mol. The highest BCUT2D eigenvalue weighted by atomic mass is 127. The number of anilines is 1. The van der Waals surface area contributed by atoms with E-state index in [1.165, 1.54) is 4.90 Å². The first kappa shape index (κ1) is 16.5. The van der Waals surface area contributed by atoms with Crippen molar-refractivity contribution in [2.24, 2.45) is 35.5 Å². The van der Waals surface area contributed by atoms with Crippen LogP contribution < -0.4 is 5.32 Å². The van der Waals surface area contributed by atoms with Crippen LogP contribution in [0.4, 0.5) is 5.69 Å². The molecule has 26 heavy (non-hydrogen) atoms. The maximum atomic E-state index is 13.0. The number of allylic oxidation sites excluding steroid dienone is 2. The van der Waals surface area contributed by atoms with E-state index in [-0.39, 0.29) is 41.4 Å². The minimum Gasteiger partial charge on any atom is -0.324 e. The van der Waals surface area contributed by atoms with E-state index < -0.39 is 6.04 Å². The Morgan fingerprint density at radius 1 is 1.08 bits per heavy atom. The number of carbonyl (C=O) groups excluding carboxylic acids is 3. The molecule has 1 aliphatic heterocycles. The fourth-order valence-corrected chi connectivity index (χ4v) is 5.62. The molecule has 0 aromatic heterocycles.